The van der Waals surface area contributed by atoms with Crippen molar-refractivity contribution in [2.24, 2.45) is 5.73 Å². The number of aliphatic carboxylic acids is 1. The van der Waals surface area contributed by atoms with E-state index in [-0.39, 0.29) is 30.0 Å². The molecule has 2 heterocycles. The molecule has 0 saturated carbocycles. The van der Waals surface area contributed by atoms with Crippen LogP contribution in [0.4, 0.5) is 0 Å². The Kier molecular flexibility index (Phi) is 9.56. The van der Waals surface area contributed by atoms with Crippen LogP contribution in [-0.2, 0) is 35.6 Å². The fourth-order valence-electron chi connectivity index (χ4n) is 4.05. The second-order valence-corrected chi connectivity index (χ2v) is 11.6. The summed E-state index contributed by atoms with van der Waals surface area (Å²) in [5.74, 6) is -5.12. The number of nitrogens with one attached hydrogen (secondary N) is 2. The van der Waals surface area contributed by atoms with E-state index in [1.54, 1.807) is 41.8 Å². The quantitative estimate of drug-likeness (QED) is 0.187. The van der Waals surface area contributed by atoms with E-state index < -0.39 is 64.0 Å². The number of likely N-dealkylation sites (tertiary alicyclic amines) is 1. The van der Waals surface area contributed by atoms with Crippen LogP contribution in [0.25, 0.3) is 0 Å². The predicted octanol–water partition coefficient (Wildman–Crippen LogP) is -2.93. The molecule has 1 aromatic heterocycles. The summed E-state index contributed by atoms with van der Waals surface area (Å²) in [5, 5.41) is 34.7. The van der Waals surface area contributed by atoms with E-state index in [9.17, 15) is 42.9 Å². The van der Waals surface area contributed by atoms with Crippen molar-refractivity contribution in [3.63, 3.8) is 0 Å². The SMILES string of the molecule is NC(=O)[C@@H](Cc1ccccc1)NC(=O)[C@@H]1C[C@@H](NS(=O)(=O)c2cccs2)CCN1C(=O)[C@@H](O)[C@H](O)C(=O)[O-]. The van der Waals surface area contributed by atoms with Crippen molar-refractivity contribution in [2.75, 3.05) is 6.54 Å². The molecule has 1 saturated heterocycles. The molecule has 0 unspecified atom stereocenters. The summed E-state index contributed by atoms with van der Waals surface area (Å²) < 4.78 is 27.9. The summed E-state index contributed by atoms with van der Waals surface area (Å²) in [6, 6.07) is 8.14. The maximum absolute atomic E-state index is 13.3. The molecule has 0 spiro atoms. The summed E-state index contributed by atoms with van der Waals surface area (Å²) in [4.78, 5) is 50.1. The second-order valence-electron chi connectivity index (χ2n) is 8.68. The minimum atomic E-state index is -3.94. The fourth-order valence-corrected chi connectivity index (χ4v) is 6.35. The largest absolute Gasteiger partial charge is 0.547 e. The van der Waals surface area contributed by atoms with Gasteiger partial charge in [-0.15, -0.1) is 11.3 Å². The molecule has 2 aromatic rings. The van der Waals surface area contributed by atoms with Gasteiger partial charge in [-0.1, -0.05) is 36.4 Å². The van der Waals surface area contributed by atoms with Gasteiger partial charge in [0.05, 0.1) is 5.97 Å². The number of piperidine rings is 1. The number of amides is 3. The van der Waals surface area contributed by atoms with Gasteiger partial charge in [-0.2, -0.15) is 0 Å². The molecule has 1 fully saturated rings. The van der Waals surface area contributed by atoms with Crippen molar-refractivity contribution in [3.8, 4) is 0 Å². The van der Waals surface area contributed by atoms with Crippen LogP contribution in [0.15, 0.2) is 52.1 Å². The lowest BCUT2D eigenvalue weighted by Gasteiger charge is -2.40. The van der Waals surface area contributed by atoms with Crippen molar-refractivity contribution in [3.05, 3.63) is 53.4 Å². The number of sulfonamides is 1. The Morgan fingerprint density at radius 3 is 2.37 bits per heavy atom. The van der Waals surface area contributed by atoms with Crippen LogP contribution in [0.3, 0.4) is 0 Å². The van der Waals surface area contributed by atoms with Gasteiger partial charge in [0.15, 0.2) is 6.10 Å². The van der Waals surface area contributed by atoms with Gasteiger partial charge in [-0.3, -0.25) is 14.4 Å². The van der Waals surface area contributed by atoms with Crippen molar-refractivity contribution in [2.45, 2.75) is 53.8 Å². The number of carboxylic acids is 1. The zero-order valence-corrected chi connectivity index (χ0v) is 21.6. The molecule has 1 aliphatic rings. The highest BCUT2D eigenvalue weighted by Crippen LogP contribution is 2.23. The molecule has 0 bridgehead atoms. The maximum atomic E-state index is 13.3. The number of hydrogen-bond acceptors (Lipinski definition) is 10. The number of benzene rings is 1. The number of aliphatic hydroxyl groups excluding tert-OH is 2. The van der Waals surface area contributed by atoms with Gasteiger partial charge in [0, 0.05) is 19.0 Å². The van der Waals surface area contributed by atoms with Crippen molar-refractivity contribution in [1.29, 1.82) is 0 Å². The van der Waals surface area contributed by atoms with Gasteiger partial charge in [0.2, 0.25) is 21.8 Å². The van der Waals surface area contributed by atoms with Gasteiger partial charge in [-0.05, 0) is 29.9 Å². The number of nitrogens with two attached hydrogens (primary N) is 1. The molecule has 3 amide bonds. The zero-order chi connectivity index (χ0) is 28.0. The lowest BCUT2D eigenvalue weighted by Crippen LogP contribution is -2.62. The molecule has 1 aliphatic heterocycles. The first kappa shape index (κ1) is 29.2. The molecule has 5 atom stereocenters. The number of nitrogens with zero attached hydrogens (tertiary/aromatic N) is 1. The smallest absolute Gasteiger partial charge is 0.255 e. The van der Waals surface area contributed by atoms with Crippen molar-refractivity contribution >= 4 is 45.1 Å². The monoisotopic (exact) mass is 567 g/mol. The van der Waals surface area contributed by atoms with E-state index in [2.05, 4.69) is 10.0 Å². The van der Waals surface area contributed by atoms with Crippen LogP contribution < -0.4 is 20.9 Å². The number of carboxylic acid groups (broad SMARTS) is 1. The number of carbonyl (C=O) groups excluding carboxylic acids is 4. The number of aliphatic hydroxyl groups is 2. The van der Waals surface area contributed by atoms with E-state index in [0.717, 1.165) is 16.2 Å². The van der Waals surface area contributed by atoms with Crippen LogP contribution in [-0.4, -0.2) is 84.1 Å². The van der Waals surface area contributed by atoms with Crippen LogP contribution in [0.5, 0.6) is 0 Å². The molecular formula is C23H27N4O9S2-. The second kappa shape index (κ2) is 12.4. The maximum Gasteiger partial charge on any atom is 0.255 e. The third-order valence-electron chi connectivity index (χ3n) is 6.01. The first-order chi connectivity index (χ1) is 17.9. The summed E-state index contributed by atoms with van der Waals surface area (Å²) in [6.07, 6.45) is -5.23. The molecule has 0 radical (unpaired) electrons. The Labute approximate surface area is 222 Å². The molecule has 1 aromatic carbocycles. The van der Waals surface area contributed by atoms with Crippen LogP contribution in [0, 0.1) is 0 Å². The van der Waals surface area contributed by atoms with Gasteiger partial charge in [0.1, 0.15) is 22.4 Å². The average molecular weight is 568 g/mol. The molecule has 3 rings (SSSR count). The highest BCUT2D eigenvalue weighted by molar-refractivity contribution is 7.91. The molecule has 206 valence electrons. The lowest BCUT2D eigenvalue weighted by atomic mass is 9.95. The Hall–Kier alpha value is -3.37. The van der Waals surface area contributed by atoms with E-state index in [0.29, 0.717) is 5.56 Å². The van der Waals surface area contributed by atoms with Crippen LogP contribution in [0.1, 0.15) is 18.4 Å². The molecule has 0 aliphatic carbocycles. The average Bonchev–Trinajstić information content (AvgIpc) is 3.43. The number of carbonyl (C=O) groups is 4. The first-order valence-electron chi connectivity index (χ1n) is 11.5. The van der Waals surface area contributed by atoms with Crippen molar-refractivity contribution in [1.82, 2.24) is 14.9 Å². The number of primary amides is 1. The van der Waals surface area contributed by atoms with Gasteiger partial charge >= 0.3 is 0 Å². The third kappa shape index (κ3) is 7.14. The fraction of sp³-hybridized carbons (Fsp3) is 0.391. The Morgan fingerprint density at radius 2 is 1.79 bits per heavy atom. The predicted molar refractivity (Wildman–Crippen MR) is 131 cm³/mol. The summed E-state index contributed by atoms with van der Waals surface area (Å²) in [7, 11) is -3.94. The minimum Gasteiger partial charge on any atom is -0.547 e. The standard InChI is InChI=1S/C23H28N4O9S2/c24-20(30)15(11-13-5-2-1-3-6-13)25-21(31)16-12-14(26-38(35,36)17-7-4-10-37-17)8-9-27(16)22(32)18(28)19(29)23(33)34/h1-7,10,14-16,18-19,26,28-29H,8-9,11-12H2,(H2,24,30)(H,25,31)(H,33,34)/p-1/t14-,15+,16-,18-,19-/m0/s1. The van der Waals surface area contributed by atoms with Gasteiger partial charge in [0.25, 0.3) is 5.91 Å². The van der Waals surface area contributed by atoms with Crippen LogP contribution in [0.2, 0.25) is 0 Å². The zero-order valence-electron chi connectivity index (χ0n) is 19.9. The highest BCUT2D eigenvalue weighted by Gasteiger charge is 2.42. The minimum absolute atomic E-state index is 0.0114. The normalized spacial score (nSPS) is 20.2. The highest BCUT2D eigenvalue weighted by atomic mass is 32.2. The topological polar surface area (TPSA) is 219 Å². The van der Waals surface area contributed by atoms with E-state index in [1.807, 2.05) is 0 Å². The molecule has 13 nitrogen and oxygen atoms in total. The van der Waals surface area contributed by atoms with Crippen molar-refractivity contribution < 1.29 is 42.9 Å². The van der Waals surface area contributed by atoms with Gasteiger partial charge < -0.3 is 36.1 Å². The summed E-state index contributed by atoms with van der Waals surface area (Å²) in [5.41, 5.74) is 6.16. The van der Waals surface area contributed by atoms with Crippen LogP contribution >= 0.6 is 11.3 Å². The third-order valence-corrected chi connectivity index (χ3v) is 8.92. The van der Waals surface area contributed by atoms with Gasteiger partial charge in [-0.25, -0.2) is 13.1 Å². The van der Waals surface area contributed by atoms with E-state index in [4.69, 9.17) is 5.73 Å². The lowest BCUT2D eigenvalue weighted by molar-refractivity contribution is -0.317. The summed E-state index contributed by atoms with van der Waals surface area (Å²) in [6.45, 7) is -0.273. The summed E-state index contributed by atoms with van der Waals surface area (Å²) >= 11 is 0.985. The molecule has 6 N–H and O–H groups in total. The Balaban J connectivity index is 1.84. The van der Waals surface area contributed by atoms with E-state index >= 15 is 0 Å². The number of thiophene rings is 1. The van der Waals surface area contributed by atoms with E-state index in [1.165, 1.54) is 6.07 Å². The Morgan fingerprint density at radius 1 is 1.11 bits per heavy atom. The molecular weight excluding hydrogens is 540 g/mol. The molecule has 15 heteroatoms. The molecule has 38 heavy (non-hydrogen) atoms. The number of rotatable bonds is 11. The first-order valence-corrected chi connectivity index (χ1v) is 13.8. The number of hydrogen-bond donors (Lipinski definition) is 5. The Bertz CT molecular complexity index is 1250.